The molecule has 0 unspecified atom stereocenters. The SMILES string of the molecule is CN(C)CC1=CCC(=S)C(CSCCNC(=C[N+](=O)[O-])NCCSCC2=CC(CN(C)C)=CCC2=S)=C1. The topological polar surface area (TPSA) is 73.7 Å². The second kappa shape index (κ2) is 17.2. The van der Waals surface area contributed by atoms with Gasteiger partial charge < -0.3 is 20.4 Å². The van der Waals surface area contributed by atoms with Crippen LogP contribution in [0.15, 0.2) is 58.6 Å². The first-order chi connectivity index (χ1) is 17.6. The molecule has 7 nitrogen and oxygen atoms in total. The number of nitro groups is 1. The molecule has 0 amide bonds. The van der Waals surface area contributed by atoms with E-state index in [1.165, 1.54) is 22.3 Å². The van der Waals surface area contributed by atoms with Crippen LogP contribution in [0.1, 0.15) is 12.8 Å². The molecule has 0 saturated carbocycles. The lowest BCUT2D eigenvalue weighted by Gasteiger charge is -2.18. The Labute approximate surface area is 241 Å². The first-order valence-electron chi connectivity index (χ1n) is 12.3. The standard InChI is InChI=1S/C26H39N5O2S4/c1-29(2)15-20-5-7-24(34)22(13-20)18-36-11-9-27-26(17-31(32)33)28-10-12-37-19-23-14-21(16-30(3)4)6-8-25(23)35/h5-6,13-14,17,27-28H,7-12,15-16,18-19H2,1-4H3. The van der Waals surface area contributed by atoms with Crippen molar-refractivity contribution in [3.8, 4) is 0 Å². The molecule has 0 aromatic heterocycles. The Morgan fingerprint density at radius 3 is 1.73 bits per heavy atom. The van der Waals surface area contributed by atoms with Crippen LogP contribution >= 0.6 is 48.0 Å². The third kappa shape index (κ3) is 13.2. The molecule has 2 rings (SSSR count). The van der Waals surface area contributed by atoms with Gasteiger partial charge in [0.2, 0.25) is 0 Å². The van der Waals surface area contributed by atoms with E-state index in [0.29, 0.717) is 18.9 Å². The molecule has 2 N–H and O–H groups in total. The predicted molar refractivity (Wildman–Crippen MR) is 170 cm³/mol. The zero-order valence-corrected chi connectivity index (χ0v) is 25.5. The highest BCUT2D eigenvalue weighted by molar-refractivity contribution is 7.99. The summed E-state index contributed by atoms with van der Waals surface area (Å²) < 4.78 is 0. The first kappa shape index (κ1) is 31.7. The minimum Gasteiger partial charge on any atom is -0.366 e. The fraction of sp³-hybridized carbons (Fsp3) is 0.538. The number of rotatable bonds is 17. The summed E-state index contributed by atoms with van der Waals surface area (Å²) in [4.78, 5) is 17.0. The summed E-state index contributed by atoms with van der Waals surface area (Å²) in [5, 5.41) is 17.4. The molecule has 0 spiro atoms. The molecule has 0 radical (unpaired) electrons. The van der Waals surface area contributed by atoms with Crippen LogP contribution in [0.2, 0.25) is 0 Å². The summed E-state index contributed by atoms with van der Waals surface area (Å²) >= 11 is 14.6. The van der Waals surface area contributed by atoms with E-state index in [2.05, 4.69) is 72.9 Å². The molecular formula is C26H39N5O2S4. The average Bonchev–Trinajstić information content (AvgIpc) is 2.81. The highest BCUT2D eigenvalue weighted by atomic mass is 32.2. The second-order valence-corrected chi connectivity index (χ2v) is 12.6. The van der Waals surface area contributed by atoms with Gasteiger partial charge in [-0.05, 0) is 50.5 Å². The Morgan fingerprint density at radius 2 is 1.35 bits per heavy atom. The summed E-state index contributed by atoms with van der Waals surface area (Å²) in [5.41, 5.74) is 5.04. The maximum atomic E-state index is 11.1. The van der Waals surface area contributed by atoms with Crippen LogP contribution in [0.4, 0.5) is 0 Å². The largest absolute Gasteiger partial charge is 0.366 e. The van der Waals surface area contributed by atoms with Gasteiger partial charge in [-0.3, -0.25) is 10.1 Å². The Balaban J connectivity index is 1.70. The molecule has 0 atom stereocenters. The van der Waals surface area contributed by atoms with Crippen LogP contribution in [0.3, 0.4) is 0 Å². The van der Waals surface area contributed by atoms with E-state index in [1.54, 1.807) is 23.5 Å². The molecule has 2 aliphatic carbocycles. The van der Waals surface area contributed by atoms with Crippen molar-refractivity contribution in [2.75, 3.05) is 77.4 Å². The first-order valence-corrected chi connectivity index (χ1v) is 15.4. The lowest BCUT2D eigenvalue weighted by atomic mass is 10.00. The smallest absolute Gasteiger partial charge is 0.274 e. The second-order valence-electron chi connectivity index (χ2n) is 9.41. The van der Waals surface area contributed by atoms with Crippen molar-refractivity contribution < 1.29 is 4.92 Å². The van der Waals surface area contributed by atoms with Crippen LogP contribution in [-0.4, -0.2) is 102 Å². The molecule has 0 aromatic rings. The highest BCUT2D eigenvalue weighted by Gasteiger charge is 2.13. The normalized spacial score (nSPS) is 15.7. The van der Waals surface area contributed by atoms with E-state index in [-0.39, 0.29) is 0 Å². The fourth-order valence-electron chi connectivity index (χ4n) is 3.77. The minimum absolute atomic E-state index is 0.427. The summed E-state index contributed by atoms with van der Waals surface area (Å²) in [6.45, 7) is 3.09. The predicted octanol–water partition coefficient (Wildman–Crippen LogP) is 4.08. The molecule has 0 bridgehead atoms. The van der Waals surface area contributed by atoms with E-state index >= 15 is 0 Å². The summed E-state index contributed by atoms with van der Waals surface area (Å²) in [5.74, 6) is 3.80. The summed E-state index contributed by atoms with van der Waals surface area (Å²) in [7, 11) is 8.25. The van der Waals surface area contributed by atoms with Crippen molar-refractivity contribution in [3.05, 3.63) is 68.7 Å². The van der Waals surface area contributed by atoms with Gasteiger partial charge in [0.15, 0.2) is 5.82 Å². The van der Waals surface area contributed by atoms with Gasteiger partial charge in [-0.1, -0.05) is 48.7 Å². The fourth-order valence-corrected chi connectivity index (χ4v) is 6.12. The van der Waals surface area contributed by atoms with Gasteiger partial charge in [0.25, 0.3) is 6.20 Å². The molecule has 37 heavy (non-hydrogen) atoms. The van der Waals surface area contributed by atoms with Crippen molar-refractivity contribution in [1.29, 1.82) is 0 Å². The number of nitrogens with zero attached hydrogens (tertiary/aromatic N) is 3. The van der Waals surface area contributed by atoms with Crippen LogP contribution in [-0.2, 0) is 0 Å². The van der Waals surface area contributed by atoms with Crippen molar-refractivity contribution in [2.45, 2.75) is 12.8 Å². The average molecular weight is 582 g/mol. The lowest BCUT2D eigenvalue weighted by Crippen LogP contribution is -2.30. The van der Waals surface area contributed by atoms with Crippen LogP contribution in [0, 0.1) is 10.1 Å². The molecule has 0 heterocycles. The number of thiocarbonyl (C=S) groups is 2. The molecule has 2 aliphatic rings. The number of allylic oxidation sites excluding steroid dienone is 2. The van der Waals surface area contributed by atoms with Crippen LogP contribution in [0.5, 0.6) is 0 Å². The quantitative estimate of drug-likeness (QED) is 0.114. The Bertz CT molecular complexity index is 915. The lowest BCUT2D eigenvalue weighted by molar-refractivity contribution is -0.404. The number of hydrogen-bond acceptors (Lipinski definition) is 10. The van der Waals surface area contributed by atoms with E-state index in [1.807, 2.05) is 0 Å². The van der Waals surface area contributed by atoms with Gasteiger partial charge in [-0.25, -0.2) is 0 Å². The molecule has 0 saturated heterocycles. The number of likely N-dealkylation sites (N-methyl/N-ethyl adjacent to an activating group) is 2. The third-order valence-electron chi connectivity index (χ3n) is 5.41. The van der Waals surface area contributed by atoms with Crippen molar-refractivity contribution in [1.82, 2.24) is 20.4 Å². The van der Waals surface area contributed by atoms with E-state index < -0.39 is 4.92 Å². The summed E-state index contributed by atoms with van der Waals surface area (Å²) in [6, 6.07) is 0. The molecular weight excluding hydrogens is 543 g/mol. The van der Waals surface area contributed by atoms with Gasteiger partial charge in [-0.15, -0.1) is 0 Å². The van der Waals surface area contributed by atoms with E-state index in [9.17, 15) is 10.1 Å². The molecule has 0 fully saturated rings. The van der Waals surface area contributed by atoms with Crippen molar-refractivity contribution >= 4 is 57.7 Å². The van der Waals surface area contributed by atoms with E-state index in [0.717, 1.165) is 64.9 Å². The van der Waals surface area contributed by atoms with Gasteiger partial charge in [0.1, 0.15) is 0 Å². The van der Waals surface area contributed by atoms with Crippen molar-refractivity contribution in [3.63, 3.8) is 0 Å². The Morgan fingerprint density at radius 1 is 0.919 bits per heavy atom. The molecule has 11 heteroatoms. The number of nitrogens with one attached hydrogen (secondary N) is 2. The van der Waals surface area contributed by atoms with Crippen molar-refractivity contribution in [2.24, 2.45) is 0 Å². The zero-order valence-electron chi connectivity index (χ0n) is 22.2. The number of hydrogen-bond donors (Lipinski definition) is 2. The van der Waals surface area contributed by atoms with Crippen LogP contribution < -0.4 is 10.6 Å². The third-order valence-corrected chi connectivity index (χ3v) is 8.28. The maximum Gasteiger partial charge on any atom is 0.274 e. The monoisotopic (exact) mass is 581 g/mol. The zero-order chi connectivity index (χ0) is 27.2. The summed E-state index contributed by atoms with van der Waals surface area (Å²) in [6.07, 6.45) is 11.5. The molecule has 204 valence electrons. The molecule has 0 aliphatic heterocycles. The van der Waals surface area contributed by atoms with Gasteiger partial charge >= 0.3 is 0 Å². The molecule has 0 aromatic carbocycles. The van der Waals surface area contributed by atoms with Gasteiger partial charge in [0, 0.05) is 71.8 Å². The minimum atomic E-state index is -0.427. The van der Waals surface area contributed by atoms with Gasteiger partial charge in [0.05, 0.1) is 4.92 Å². The van der Waals surface area contributed by atoms with Gasteiger partial charge in [-0.2, -0.15) is 23.5 Å². The maximum absolute atomic E-state index is 11.1. The van der Waals surface area contributed by atoms with E-state index in [4.69, 9.17) is 24.4 Å². The van der Waals surface area contributed by atoms with Crippen LogP contribution in [0.25, 0.3) is 0 Å². The highest BCUT2D eigenvalue weighted by Crippen LogP contribution is 2.21. The Kier molecular flexibility index (Phi) is 14.7. The Hall–Kier alpha value is -1.50. The number of thioether (sulfide) groups is 2.